The summed E-state index contributed by atoms with van der Waals surface area (Å²) in [7, 11) is 0. The number of hydrogen-bond donors (Lipinski definition) is 0. The van der Waals surface area contributed by atoms with Crippen molar-refractivity contribution in [3.8, 4) is 0 Å². The van der Waals surface area contributed by atoms with Gasteiger partial charge in [0.15, 0.2) is 0 Å². The third kappa shape index (κ3) is 6.21. The summed E-state index contributed by atoms with van der Waals surface area (Å²) in [5.41, 5.74) is 2.19. The van der Waals surface area contributed by atoms with Gasteiger partial charge in [0.1, 0.15) is 0 Å². The molecule has 0 aromatic carbocycles. The second-order valence-corrected chi connectivity index (χ2v) is 3.79. The molecule has 0 saturated carbocycles. The van der Waals surface area contributed by atoms with Gasteiger partial charge in [-0.3, -0.25) is 9.97 Å². The van der Waals surface area contributed by atoms with Gasteiger partial charge in [-0.05, 0) is 25.2 Å². The van der Waals surface area contributed by atoms with Crippen LogP contribution in [0.1, 0.15) is 52.4 Å². The molecule has 0 aliphatic carbocycles. The Balaban J connectivity index is 0.000000921. The van der Waals surface area contributed by atoms with E-state index >= 15 is 0 Å². The maximum atomic E-state index is 4.36. The topological polar surface area (TPSA) is 25.8 Å². The number of nitrogens with zero attached hydrogens (tertiary/aromatic N) is 2. The lowest BCUT2D eigenvalue weighted by Gasteiger charge is -2.03. The largest absolute Gasteiger partial charge is 0.258 e. The minimum absolute atomic E-state index is 0.743. The van der Waals surface area contributed by atoms with E-state index in [-0.39, 0.29) is 0 Å². The van der Waals surface area contributed by atoms with Crippen LogP contribution in [0.4, 0.5) is 0 Å². The van der Waals surface area contributed by atoms with E-state index in [2.05, 4.69) is 30.7 Å². The molecule has 0 saturated heterocycles. The van der Waals surface area contributed by atoms with Crippen molar-refractivity contribution in [1.29, 1.82) is 0 Å². The molecule has 1 aromatic heterocycles. The van der Waals surface area contributed by atoms with Gasteiger partial charge >= 0.3 is 0 Å². The second-order valence-electron chi connectivity index (χ2n) is 3.79. The molecule has 2 heteroatoms. The van der Waals surface area contributed by atoms with E-state index in [0.717, 1.165) is 30.1 Å². The summed E-state index contributed by atoms with van der Waals surface area (Å²) in [6.45, 7) is 10.6. The highest BCUT2D eigenvalue weighted by Gasteiger charge is 1.98. The Morgan fingerprint density at radius 1 is 1.07 bits per heavy atom. The molecule has 2 nitrogen and oxygen atoms in total. The molecule has 15 heavy (non-hydrogen) atoms. The van der Waals surface area contributed by atoms with Crippen molar-refractivity contribution in [3.63, 3.8) is 0 Å². The SMILES string of the molecule is CC.CCc1cnc(CCC(C)C)cn1. The van der Waals surface area contributed by atoms with Gasteiger partial charge < -0.3 is 0 Å². The molecule has 0 amide bonds. The van der Waals surface area contributed by atoms with Crippen molar-refractivity contribution < 1.29 is 0 Å². The first-order chi connectivity index (χ1) is 7.22. The van der Waals surface area contributed by atoms with E-state index in [4.69, 9.17) is 0 Å². The van der Waals surface area contributed by atoms with Crippen LogP contribution in [0.3, 0.4) is 0 Å². The van der Waals surface area contributed by atoms with Crippen LogP contribution in [0.2, 0.25) is 0 Å². The first-order valence-electron chi connectivity index (χ1n) is 6.02. The van der Waals surface area contributed by atoms with Crippen molar-refractivity contribution in [2.75, 3.05) is 0 Å². The van der Waals surface area contributed by atoms with Crippen LogP contribution in [0.15, 0.2) is 12.4 Å². The van der Waals surface area contributed by atoms with Crippen LogP contribution >= 0.6 is 0 Å². The van der Waals surface area contributed by atoms with Gasteiger partial charge in [0.05, 0.1) is 11.4 Å². The van der Waals surface area contributed by atoms with Crippen molar-refractivity contribution >= 4 is 0 Å². The van der Waals surface area contributed by atoms with Crippen molar-refractivity contribution in [2.24, 2.45) is 5.92 Å². The Hall–Kier alpha value is -0.920. The fourth-order valence-corrected chi connectivity index (χ4v) is 1.13. The molecule has 86 valence electrons. The zero-order chi connectivity index (χ0) is 11.7. The van der Waals surface area contributed by atoms with Crippen molar-refractivity contribution in [2.45, 2.75) is 53.9 Å². The van der Waals surface area contributed by atoms with Gasteiger partial charge in [-0.1, -0.05) is 34.6 Å². The molecular formula is C13H24N2. The molecule has 1 heterocycles. The van der Waals surface area contributed by atoms with Crippen molar-refractivity contribution in [3.05, 3.63) is 23.8 Å². The molecule has 0 atom stereocenters. The highest BCUT2D eigenvalue weighted by atomic mass is 14.8. The Bertz CT molecular complexity index is 239. The van der Waals surface area contributed by atoms with Gasteiger partial charge in [0, 0.05) is 12.4 Å². The summed E-state index contributed by atoms with van der Waals surface area (Å²) < 4.78 is 0. The van der Waals surface area contributed by atoms with Gasteiger partial charge in [-0.25, -0.2) is 0 Å². The van der Waals surface area contributed by atoms with E-state index in [1.165, 1.54) is 6.42 Å². The molecule has 0 spiro atoms. The molecule has 1 aromatic rings. The Kier molecular flexibility index (Phi) is 7.88. The molecule has 0 unspecified atom stereocenters. The first-order valence-corrected chi connectivity index (χ1v) is 6.02. The minimum Gasteiger partial charge on any atom is -0.258 e. The van der Waals surface area contributed by atoms with E-state index in [0.29, 0.717) is 0 Å². The lowest BCUT2D eigenvalue weighted by Crippen LogP contribution is -1.97. The summed E-state index contributed by atoms with van der Waals surface area (Å²) in [4.78, 5) is 8.67. The molecule has 1 rings (SSSR count). The minimum atomic E-state index is 0.743. The summed E-state index contributed by atoms with van der Waals surface area (Å²) in [6.07, 6.45) is 7.00. The monoisotopic (exact) mass is 208 g/mol. The third-order valence-corrected chi connectivity index (χ3v) is 2.10. The Labute approximate surface area is 94.2 Å². The normalized spacial score (nSPS) is 9.73. The van der Waals surface area contributed by atoms with Crippen LogP contribution in [0, 0.1) is 5.92 Å². The lowest BCUT2D eigenvalue weighted by atomic mass is 10.1. The van der Waals surface area contributed by atoms with Gasteiger partial charge in [-0.2, -0.15) is 0 Å². The molecule has 0 aliphatic rings. The van der Waals surface area contributed by atoms with Gasteiger partial charge in [-0.15, -0.1) is 0 Å². The molecule has 0 fully saturated rings. The summed E-state index contributed by atoms with van der Waals surface area (Å²) in [6, 6.07) is 0. The van der Waals surface area contributed by atoms with Crippen molar-refractivity contribution in [1.82, 2.24) is 9.97 Å². The van der Waals surface area contributed by atoms with Crippen LogP contribution in [-0.4, -0.2) is 9.97 Å². The van der Waals surface area contributed by atoms with Crippen LogP contribution in [-0.2, 0) is 12.8 Å². The van der Waals surface area contributed by atoms with E-state index in [1.807, 2.05) is 26.2 Å². The number of rotatable bonds is 4. The molecular weight excluding hydrogens is 184 g/mol. The second kappa shape index (κ2) is 8.39. The first kappa shape index (κ1) is 14.1. The van der Waals surface area contributed by atoms with E-state index in [1.54, 1.807) is 0 Å². The fourth-order valence-electron chi connectivity index (χ4n) is 1.13. The fraction of sp³-hybridized carbons (Fsp3) is 0.692. The standard InChI is InChI=1S/C11H18N2.C2H6/c1-4-10-7-13-11(8-12-10)6-5-9(2)3;1-2/h7-9H,4-6H2,1-3H3;1-2H3. The average molecular weight is 208 g/mol. The maximum Gasteiger partial charge on any atom is 0.0587 e. The smallest absolute Gasteiger partial charge is 0.0587 e. The Morgan fingerprint density at radius 2 is 1.60 bits per heavy atom. The summed E-state index contributed by atoms with van der Waals surface area (Å²) in [5.74, 6) is 0.743. The zero-order valence-corrected chi connectivity index (χ0v) is 10.7. The number of aryl methyl sites for hydroxylation is 2. The summed E-state index contributed by atoms with van der Waals surface area (Å²) in [5, 5.41) is 0. The van der Waals surface area contributed by atoms with Gasteiger partial charge in [0.2, 0.25) is 0 Å². The highest BCUT2D eigenvalue weighted by molar-refractivity contribution is 5.02. The van der Waals surface area contributed by atoms with Crippen LogP contribution in [0.5, 0.6) is 0 Å². The van der Waals surface area contributed by atoms with E-state index in [9.17, 15) is 0 Å². The molecule has 0 N–H and O–H groups in total. The predicted octanol–water partition coefficient (Wildman–Crippen LogP) is 3.65. The maximum absolute atomic E-state index is 4.36. The quantitative estimate of drug-likeness (QED) is 0.754. The number of hydrogen-bond acceptors (Lipinski definition) is 2. The lowest BCUT2D eigenvalue weighted by molar-refractivity contribution is 0.580. The number of aromatic nitrogens is 2. The third-order valence-electron chi connectivity index (χ3n) is 2.10. The van der Waals surface area contributed by atoms with Gasteiger partial charge in [0.25, 0.3) is 0 Å². The predicted molar refractivity (Wildman–Crippen MR) is 65.9 cm³/mol. The highest BCUT2D eigenvalue weighted by Crippen LogP contribution is 2.05. The summed E-state index contributed by atoms with van der Waals surface area (Å²) >= 11 is 0. The average Bonchev–Trinajstić information content (AvgIpc) is 2.30. The zero-order valence-electron chi connectivity index (χ0n) is 10.7. The molecule has 0 radical (unpaired) electrons. The van der Waals surface area contributed by atoms with E-state index < -0.39 is 0 Å². The molecule has 0 bridgehead atoms. The van der Waals surface area contributed by atoms with Crippen LogP contribution in [0.25, 0.3) is 0 Å². The van der Waals surface area contributed by atoms with Crippen LogP contribution < -0.4 is 0 Å². The molecule has 0 aliphatic heterocycles. The Morgan fingerprint density at radius 3 is 2.00 bits per heavy atom.